The molecule has 0 spiro atoms. The fraction of sp³-hybridized carbons (Fsp3) is 0.667. The zero-order valence-electron chi connectivity index (χ0n) is 12.5. The molecule has 1 heterocycles. The van der Waals surface area contributed by atoms with Gasteiger partial charge in [0.15, 0.2) is 0 Å². The largest absolute Gasteiger partial charge is 0.396 e. The molecule has 1 aliphatic rings. The lowest BCUT2D eigenvalue weighted by atomic mass is 10.0. The van der Waals surface area contributed by atoms with E-state index in [-0.39, 0.29) is 0 Å². The van der Waals surface area contributed by atoms with Gasteiger partial charge in [-0.1, -0.05) is 38.0 Å². The number of aliphatic hydroxyl groups excluding tert-OH is 1. The summed E-state index contributed by atoms with van der Waals surface area (Å²) in [6.07, 6.45) is 9.76. The van der Waals surface area contributed by atoms with E-state index in [1.807, 2.05) is 11.3 Å². The van der Waals surface area contributed by atoms with Crippen LogP contribution in [0.5, 0.6) is 0 Å². The summed E-state index contributed by atoms with van der Waals surface area (Å²) in [7, 11) is 0. The zero-order valence-corrected chi connectivity index (χ0v) is 13.3. The van der Waals surface area contributed by atoms with E-state index in [1.54, 1.807) is 0 Å². The topological polar surface area (TPSA) is 20.2 Å². The van der Waals surface area contributed by atoms with Crippen molar-refractivity contribution in [3.8, 4) is 11.8 Å². The van der Waals surface area contributed by atoms with Crippen molar-refractivity contribution in [2.75, 3.05) is 6.61 Å². The smallest absolute Gasteiger partial charge is 0.0771 e. The molecule has 110 valence electrons. The van der Waals surface area contributed by atoms with E-state index in [0.717, 1.165) is 12.8 Å². The minimum Gasteiger partial charge on any atom is -0.396 e. The summed E-state index contributed by atoms with van der Waals surface area (Å²) in [5, 5.41) is 9.22. The minimum atomic E-state index is 0.353. The molecular weight excluding hydrogens is 264 g/mol. The van der Waals surface area contributed by atoms with Gasteiger partial charge in [0.1, 0.15) is 0 Å². The molecule has 0 unspecified atom stereocenters. The Morgan fingerprint density at radius 1 is 1.25 bits per heavy atom. The Morgan fingerprint density at radius 2 is 2.15 bits per heavy atom. The highest BCUT2D eigenvalue weighted by atomic mass is 32.1. The average molecular weight is 290 g/mol. The number of aliphatic hydroxyl groups is 1. The van der Waals surface area contributed by atoms with Crippen LogP contribution in [0.2, 0.25) is 0 Å². The summed E-state index contributed by atoms with van der Waals surface area (Å²) < 4.78 is 0. The summed E-state index contributed by atoms with van der Waals surface area (Å²) in [6.45, 7) is 2.59. The second kappa shape index (κ2) is 8.49. The average Bonchev–Trinajstić information content (AvgIpc) is 3.11. The first-order valence-electron chi connectivity index (χ1n) is 8.03. The van der Waals surface area contributed by atoms with Crippen LogP contribution in [0.4, 0.5) is 0 Å². The van der Waals surface area contributed by atoms with E-state index < -0.39 is 0 Å². The maximum atomic E-state index is 9.22. The van der Waals surface area contributed by atoms with Crippen molar-refractivity contribution < 1.29 is 5.11 Å². The minimum absolute atomic E-state index is 0.353. The monoisotopic (exact) mass is 290 g/mol. The number of rotatable bonds is 6. The Morgan fingerprint density at radius 3 is 2.90 bits per heavy atom. The highest BCUT2D eigenvalue weighted by molar-refractivity contribution is 7.12. The van der Waals surface area contributed by atoms with E-state index in [4.69, 9.17) is 0 Å². The number of hydrogen-bond donors (Lipinski definition) is 1. The number of hydrogen-bond acceptors (Lipinski definition) is 2. The van der Waals surface area contributed by atoms with Gasteiger partial charge >= 0.3 is 0 Å². The predicted molar refractivity (Wildman–Crippen MR) is 87.1 cm³/mol. The Bertz CT molecular complexity index is 451. The quantitative estimate of drug-likeness (QED) is 0.581. The first-order chi connectivity index (χ1) is 9.83. The highest BCUT2D eigenvalue weighted by Crippen LogP contribution is 2.40. The molecule has 1 aromatic rings. The molecule has 0 radical (unpaired) electrons. The molecule has 1 aromatic heterocycles. The summed E-state index contributed by atoms with van der Waals surface area (Å²) in [4.78, 5) is 2.68. The van der Waals surface area contributed by atoms with Crippen LogP contribution in [0, 0.1) is 17.8 Å². The molecule has 1 N–H and O–H groups in total. The normalized spacial score (nSPS) is 21.7. The van der Waals surface area contributed by atoms with Gasteiger partial charge in [0, 0.05) is 17.9 Å². The molecule has 1 nitrogen and oxygen atoms in total. The molecule has 2 rings (SSSR count). The zero-order chi connectivity index (χ0) is 14.2. The van der Waals surface area contributed by atoms with Gasteiger partial charge in [-0.15, -0.1) is 11.3 Å². The maximum Gasteiger partial charge on any atom is 0.0771 e. The Labute approximate surface area is 127 Å². The van der Waals surface area contributed by atoms with Gasteiger partial charge in [-0.05, 0) is 49.7 Å². The van der Waals surface area contributed by atoms with E-state index in [9.17, 15) is 5.11 Å². The van der Waals surface area contributed by atoms with E-state index in [1.165, 1.54) is 48.3 Å². The molecule has 2 heteroatoms. The first kappa shape index (κ1) is 15.6. The molecule has 1 saturated carbocycles. The number of thiophene rings is 1. The molecule has 0 bridgehead atoms. The number of unbranched alkanes of at least 4 members (excludes halogenated alkanes) is 4. The van der Waals surface area contributed by atoms with E-state index in [2.05, 4.69) is 30.9 Å². The van der Waals surface area contributed by atoms with Crippen LogP contribution in [0.25, 0.3) is 0 Å². The lowest BCUT2D eigenvalue weighted by Crippen LogP contribution is -1.99. The first-order valence-corrected chi connectivity index (χ1v) is 8.84. The van der Waals surface area contributed by atoms with Crippen LogP contribution in [-0.2, 0) is 0 Å². The summed E-state index contributed by atoms with van der Waals surface area (Å²) in [6, 6.07) is 4.42. The van der Waals surface area contributed by atoms with Gasteiger partial charge in [-0.3, -0.25) is 0 Å². The molecule has 20 heavy (non-hydrogen) atoms. The molecule has 1 aliphatic carbocycles. The fourth-order valence-corrected chi connectivity index (χ4v) is 3.96. The van der Waals surface area contributed by atoms with Crippen molar-refractivity contribution in [3.05, 3.63) is 21.9 Å². The van der Waals surface area contributed by atoms with Gasteiger partial charge < -0.3 is 5.11 Å². The molecule has 1 fully saturated rings. The van der Waals surface area contributed by atoms with Crippen LogP contribution >= 0.6 is 11.3 Å². The van der Waals surface area contributed by atoms with E-state index in [0.29, 0.717) is 18.4 Å². The van der Waals surface area contributed by atoms with Crippen LogP contribution < -0.4 is 0 Å². The lowest BCUT2D eigenvalue weighted by Gasteiger charge is -2.06. The summed E-state index contributed by atoms with van der Waals surface area (Å²) in [5.74, 6) is 7.80. The standard InChI is InChI=1S/C18H26OS/c1-2-3-4-5-6-7-8-17-11-12-18(20-17)16-10-9-15(13-16)14-19/h11-12,15-16,19H,2-6,9-10,13-14H2,1H3/t15-,16-/m0/s1. The molecular formula is C18H26OS. The molecule has 2 atom stereocenters. The van der Waals surface area contributed by atoms with Crippen molar-refractivity contribution in [1.82, 2.24) is 0 Å². The fourth-order valence-electron chi connectivity index (χ4n) is 2.93. The Balaban J connectivity index is 1.79. The lowest BCUT2D eigenvalue weighted by molar-refractivity contribution is 0.229. The van der Waals surface area contributed by atoms with Crippen LogP contribution in [0.3, 0.4) is 0 Å². The van der Waals surface area contributed by atoms with Crippen molar-refractivity contribution in [3.63, 3.8) is 0 Å². The Kier molecular flexibility index (Phi) is 6.63. The van der Waals surface area contributed by atoms with Gasteiger partial charge in [0.05, 0.1) is 4.88 Å². The van der Waals surface area contributed by atoms with Crippen molar-refractivity contribution in [2.45, 2.75) is 64.2 Å². The third-order valence-electron chi connectivity index (χ3n) is 4.20. The van der Waals surface area contributed by atoms with Crippen molar-refractivity contribution >= 4 is 11.3 Å². The van der Waals surface area contributed by atoms with Gasteiger partial charge in [0.2, 0.25) is 0 Å². The third-order valence-corrected chi connectivity index (χ3v) is 5.36. The second-order valence-electron chi connectivity index (χ2n) is 5.87. The molecule has 0 aliphatic heterocycles. The molecule has 0 saturated heterocycles. The summed E-state index contributed by atoms with van der Waals surface area (Å²) in [5.41, 5.74) is 0. The summed E-state index contributed by atoms with van der Waals surface area (Å²) >= 11 is 1.86. The highest BCUT2D eigenvalue weighted by Gasteiger charge is 2.26. The maximum absolute atomic E-state index is 9.22. The van der Waals surface area contributed by atoms with Crippen LogP contribution in [0.1, 0.15) is 74.0 Å². The van der Waals surface area contributed by atoms with Crippen molar-refractivity contribution in [2.24, 2.45) is 5.92 Å². The van der Waals surface area contributed by atoms with Gasteiger partial charge in [-0.2, -0.15) is 0 Å². The molecule has 0 aromatic carbocycles. The van der Waals surface area contributed by atoms with Crippen LogP contribution in [0.15, 0.2) is 12.1 Å². The SMILES string of the molecule is CCCCCCC#Cc1ccc([C@H]2CC[C@H](CO)C2)s1. The molecule has 0 amide bonds. The van der Waals surface area contributed by atoms with Gasteiger partial charge in [-0.25, -0.2) is 0 Å². The Hall–Kier alpha value is -0.780. The van der Waals surface area contributed by atoms with Gasteiger partial charge in [0.25, 0.3) is 0 Å². The second-order valence-corrected chi connectivity index (χ2v) is 6.99. The van der Waals surface area contributed by atoms with Crippen molar-refractivity contribution in [1.29, 1.82) is 0 Å². The van der Waals surface area contributed by atoms with E-state index >= 15 is 0 Å². The van der Waals surface area contributed by atoms with Crippen LogP contribution in [-0.4, -0.2) is 11.7 Å². The predicted octanol–water partition coefficient (Wildman–Crippen LogP) is 4.95. The third kappa shape index (κ3) is 4.65.